The predicted molar refractivity (Wildman–Crippen MR) is 95.3 cm³/mol. The van der Waals surface area contributed by atoms with Gasteiger partial charge in [-0.05, 0) is 37.6 Å². The second kappa shape index (κ2) is 8.14. The minimum Gasteiger partial charge on any atom is -0.338 e. The minimum atomic E-state index is -0.277. The van der Waals surface area contributed by atoms with Crippen molar-refractivity contribution in [3.05, 3.63) is 40.0 Å². The van der Waals surface area contributed by atoms with Gasteiger partial charge in [-0.15, -0.1) is 0 Å². The van der Waals surface area contributed by atoms with Gasteiger partial charge in [-0.1, -0.05) is 34.8 Å². The van der Waals surface area contributed by atoms with Crippen molar-refractivity contribution in [2.75, 3.05) is 11.9 Å². The Kier molecular flexibility index (Phi) is 5.90. The largest absolute Gasteiger partial charge is 0.338 e. The molecule has 0 aliphatic carbocycles. The molecule has 2 heterocycles. The molecule has 1 aromatic carbocycles. The lowest BCUT2D eigenvalue weighted by Gasteiger charge is -2.33. The number of likely N-dealkylation sites (tertiary alicyclic amines) is 1. The van der Waals surface area contributed by atoms with Crippen LogP contribution in [0, 0.1) is 0 Å². The molecule has 0 bridgehead atoms. The maximum Gasteiger partial charge on any atom is 0.241 e. The summed E-state index contributed by atoms with van der Waals surface area (Å²) in [7, 11) is 0. The number of benzene rings is 1. The summed E-state index contributed by atoms with van der Waals surface area (Å²) in [6.45, 7) is 1.43. The highest BCUT2D eigenvalue weighted by Crippen LogP contribution is 2.27. The normalized spacial score (nSPS) is 18.3. The molecule has 1 saturated heterocycles. The van der Waals surface area contributed by atoms with Gasteiger partial charge in [0.2, 0.25) is 11.8 Å². The van der Waals surface area contributed by atoms with Crippen molar-refractivity contribution in [1.82, 2.24) is 15.0 Å². The topological polar surface area (TPSA) is 97.3 Å². The van der Waals surface area contributed by atoms with Crippen molar-refractivity contribution in [2.45, 2.75) is 38.4 Å². The summed E-state index contributed by atoms with van der Waals surface area (Å²) in [6, 6.07) is 4.71. The molecular weight excluding hydrogens is 365 g/mol. The van der Waals surface area contributed by atoms with E-state index in [2.05, 4.69) is 15.5 Å². The first-order chi connectivity index (χ1) is 12.1. The summed E-state index contributed by atoms with van der Waals surface area (Å²) < 4.78 is 5.03. The molecule has 1 aromatic heterocycles. The van der Waals surface area contributed by atoms with Gasteiger partial charge in [-0.3, -0.25) is 9.69 Å². The van der Waals surface area contributed by atoms with Gasteiger partial charge in [0.1, 0.15) is 0 Å². The number of carbonyl (C=O) groups is 1. The molecule has 1 atom stereocenters. The molecule has 134 valence electrons. The van der Waals surface area contributed by atoms with E-state index in [0.717, 1.165) is 25.8 Å². The molecule has 1 aliphatic rings. The molecule has 9 heteroatoms. The molecule has 0 saturated carbocycles. The molecule has 1 amide bonds. The number of piperidine rings is 1. The van der Waals surface area contributed by atoms with E-state index in [1.807, 2.05) is 4.90 Å². The van der Waals surface area contributed by atoms with Crippen LogP contribution < -0.4 is 11.1 Å². The third-order valence-electron chi connectivity index (χ3n) is 4.13. The number of nitrogens with zero attached hydrogens (tertiary/aromatic N) is 3. The molecule has 3 rings (SSSR count). The van der Waals surface area contributed by atoms with Crippen LogP contribution in [0.5, 0.6) is 0 Å². The fourth-order valence-electron chi connectivity index (χ4n) is 2.90. The Morgan fingerprint density at radius 2 is 2.24 bits per heavy atom. The van der Waals surface area contributed by atoms with E-state index < -0.39 is 0 Å². The number of halogens is 2. The van der Waals surface area contributed by atoms with Gasteiger partial charge in [0, 0.05) is 5.02 Å². The molecule has 1 unspecified atom stereocenters. The zero-order valence-corrected chi connectivity index (χ0v) is 15.1. The summed E-state index contributed by atoms with van der Waals surface area (Å²) in [5.74, 6) is 0.817. The molecule has 25 heavy (non-hydrogen) atoms. The van der Waals surface area contributed by atoms with Crippen molar-refractivity contribution >= 4 is 34.8 Å². The van der Waals surface area contributed by atoms with Gasteiger partial charge in [-0.25, -0.2) is 0 Å². The van der Waals surface area contributed by atoms with E-state index in [0.29, 0.717) is 34.0 Å². The van der Waals surface area contributed by atoms with Crippen LogP contribution in [0.4, 0.5) is 5.69 Å². The van der Waals surface area contributed by atoms with Gasteiger partial charge >= 0.3 is 0 Å². The van der Waals surface area contributed by atoms with Crippen molar-refractivity contribution in [3.63, 3.8) is 0 Å². The predicted octanol–water partition coefficient (Wildman–Crippen LogP) is 2.83. The number of aromatic nitrogens is 2. The first-order valence-corrected chi connectivity index (χ1v) is 8.84. The standard InChI is InChI=1S/C16H19Cl2N5O2/c17-10-4-5-12(11(18)7-10)20-16(24)13-3-1-2-6-23(13)9-14-21-15(8-19)25-22-14/h4-5,7,13H,1-3,6,8-9,19H2,(H,20,24). The third-order valence-corrected chi connectivity index (χ3v) is 4.68. The number of nitrogens with two attached hydrogens (primary N) is 1. The summed E-state index contributed by atoms with van der Waals surface area (Å²) in [4.78, 5) is 19.0. The van der Waals surface area contributed by atoms with Crippen LogP contribution in [-0.2, 0) is 17.9 Å². The Morgan fingerprint density at radius 3 is 2.96 bits per heavy atom. The van der Waals surface area contributed by atoms with E-state index in [1.54, 1.807) is 18.2 Å². The number of carbonyl (C=O) groups excluding carboxylic acids is 1. The van der Waals surface area contributed by atoms with E-state index in [-0.39, 0.29) is 18.5 Å². The Bertz CT molecular complexity index is 752. The molecule has 1 fully saturated rings. The Balaban J connectivity index is 1.70. The lowest BCUT2D eigenvalue weighted by Crippen LogP contribution is -2.46. The van der Waals surface area contributed by atoms with Crippen LogP contribution >= 0.6 is 23.2 Å². The van der Waals surface area contributed by atoms with E-state index >= 15 is 0 Å². The van der Waals surface area contributed by atoms with Gasteiger partial charge in [-0.2, -0.15) is 4.98 Å². The fraction of sp³-hybridized carbons (Fsp3) is 0.438. The number of nitrogens with one attached hydrogen (secondary N) is 1. The molecule has 3 N–H and O–H groups in total. The van der Waals surface area contributed by atoms with Crippen LogP contribution in [-0.4, -0.2) is 33.5 Å². The molecular formula is C16H19Cl2N5O2. The monoisotopic (exact) mass is 383 g/mol. The lowest BCUT2D eigenvalue weighted by molar-refractivity contribution is -0.122. The molecule has 1 aliphatic heterocycles. The first kappa shape index (κ1) is 18.1. The summed E-state index contributed by atoms with van der Waals surface area (Å²) in [6.07, 6.45) is 2.77. The zero-order valence-electron chi connectivity index (χ0n) is 13.5. The van der Waals surface area contributed by atoms with Crippen LogP contribution in [0.15, 0.2) is 22.7 Å². The van der Waals surface area contributed by atoms with Crippen molar-refractivity contribution in [1.29, 1.82) is 0 Å². The average molecular weight is 384 g/mol. The van der Waals surface area contributed by atoms with Gasteiger partial charge < -0.3 is 15.6 Å². The fourth-order valence-corrected chi connectivity index (χ4v) is 3.36. The number of anilines is 1. The maximum atomic E-state index is 12.7. The van der Waals surface area contributed by atoms with Crippen LogP contribution in [0.3, 0.4) is 0 Å². The Hall–Kier alpha value is -1.67. The van der Waals surface area contributed by atoms with Gasteiger partial charge in [0.15, 0.2) is 5.82 Å². The van der Waals surface area contributed by atoms with Gasteiger partial charge in [0.25, 0.3) is 0 Å². The number of hydrogen-bond donors (Lipinski definition) is 2. The van der Waals surface area contributed by atoms with Crippen LogP contribution in [0.2, 0.25) is 10.0 Å². The lowest BCUT2D eigenvalue weighted by atomic mass is 10.0. The van der Waals surface area contributed by atoms with Crippen LogP contribution in [0.25, 0.3) is 0 Å². The Labute approximate surface area is 155 Å². The maximum absolute atomic E-state index is 12.7. The van der Waals surface area contributed by atoms with Crippen molar-refractivity contribution < 1.29 is 9.32 Å². The SMILES string of the molecule is NCc1nc(CN2CCCCC2C(=O)Nc2ccc(Cl)cc2Cl)no1. The smallest absolute Gasteiger partial charge is 0.241 e. The van der Waals surface area contributed by atoms with Crippen LogP contribution in [0.1, 0.15) is 31.0 Å². The van der Waals surface area contributed by atoms with Crippen molar-refractivity contribution in [2.24, 2.45) is 5.73 Å². The number of rotatable bonds is 5. The first-order valence-electron chi connectivity index (χ1n) is 8.08. The summed E-state index contributed by atoms with van der Waals surface area (Å²) >= 11 is 12.0. The average Bonchev–Trinajstić information content (AvgIpc) is 3.05. The highest BCUT2D eigenvalue weighted by molar-refractivity contribution is 6.36. The highest BCUT2D eigenvalue weighted by Gasteiger charge is 2.30. The van der Waals surface area contributed by atoms with Gasteiger partial charge in [0.05, 0.1) is 29.8 Å². The summed E-state index contributed by atoms with van der Waals surface area (Å²) in [5, 5.41) is 7.73. The minimum absolute atomic E-state index is 0.105. The Morgan fingerprint density at radius 1 is 1.40 bits per heavy atom. The molecule has 0 spiro atoms. The molecule has 7 nitrogen and oxygen atoms in total. The second-order valence-electron chi connectivity index (χ2n) is 5.90. The second-order valence-corrected chi connectivity index (χ2v) is 6.75. The van der Waals surface area contributed by atoms with E-state index in [4.69, 9.17) is 33.5 Å². The number of amides is 1. The quantitative estimate of drug-likeness (QED) is 0.823. The third kappa shape index (κ3) is 4.49. The highest BCUT2D eigenvalue weighted by atomic mass is 35.5. The number of hydrogen-bond acceptors (Lipinski definition) is 6. The van der Waals surface area contributed by atoms with E-state index in [9.17, 15) is 4.79 Å². The van der Waals surface area contributed by atoms with E-state index in [1.165, 1.54) is 0 Å². The molecule has 2 aromatic rings. The zero-order chi connectivity index (χ0) is 17.8. The molecule has 0 radical (unpaired) electrons. The van der Waals surface area contributed by atoms with Crippen molar-refractivity contribution in [3.8, 4) is 0 Å². The summed E-state index contributed by atoms with van der Waals surface area (Å²) in [5.41, 5.74) is 6.03.